The van der Waals surface area contributed by atoms with Crippen LogP contribution in [0.25, 0.3) is 6.08 Å². The normalized spacial score (nSPS) is 14.1. The van der Waals surface area contributed by atoms with Crippen molar-refractivity contribution in [2.45, 2.75) is 27.0 Å². The fraction of sp³-hybridized carbons (Fsp3) is 0.222. The van der Waals surface area contributed by atoms with Crippen molar-refractivity contribution in [3.8, 4) is 11.5 Å². The molecule has 1 N–H and O–H groups in total. The summed E-state index contributed by atoms with van der Waals surface area (Å²) in [7, 11) is 1.23. The second-order valence-electron chi connectivity index (χ2n) is 8.27. The van der Waals surface area contributed by atoms with E-state index >= 15 is 0 Å². The van der Waals surface area contributed by atoms with Crippen LogP contribution < -0.4 is 14.8 Å². The third-order valence-electron chi connectivity index (χ3n) is 5.58. The maximum atomic E-state index is 13.0. The number of methoxy groups -OCH3 is 1. The summed E-state index contributed by atoms with van der Waals surface area (Å²) in [5.41, 5.74) is 2.81. The molecular weight excluding hydrogens is 624 g/mol. The molecule has 2 aromatic carbocycles. The molecule has 1 saturated heterocycles. The molecule has 1 aromatic heterocycles. The van der Waals surface area contributed by atoms with Crippen LogP contribution in [0.5, 0.6) is 11.5 Å². The first-order valence-corrected chi connectivity index (χ1v) is 13.1. The van der Waals surface area contributed by atoms with Crippen molar-refractivity contribution >= 4 is 55.8 Å². The van der Waals surface area contributed by atoms with Crippen molar-refractivity contribution in [1.29, 1.82) is 0 Å². The number of imide groups is 1. The van der Waals surface area contributed by atoms with E-state index < -0.39 is 17.9 Å². The zero-order valence-corrected chi connectivity index (χ0v) is 24.0. The van der Waals surface area contributed by atoms with Crippen LogP contribution in [0, 0.1) is 6.92 Å². The molecule has 4 rings (SSSR count). The number of nitrogens with one attached hydrogen (secondary N) is 1. The number of hydrogen-bond acceptors (Lipinski definition) is 7. The Morgan fingerprint density at radius 1 is 1.08 bits per heavy atom. The van der Waals surface area contributed by atoms with Gasteiger partial charge in [0.2, 0.25) is 5.76 Å². The highest BCUT2D eigenvalue weighted by molar-refractivity contribution is 9.13. The zero-order valence-electron chi connectivity index (χ0n) is 20.8. The molecule has 0 aliphatic carbocycles. The first-order chi connectivity index (χ1) is 18.2. The Balaban J connectivity index is 1.57. The lowest BCUT2D eigenvalue weighted by atomic mass is 10.1. The van der Waals surface area contributed by atoms with E-state index in [0.29, 0.717) is 39.2 Å². The fourth-order valence-corrected chi connectivity index (χ4v) is 4.59. The lowest BCUT2D eigenvalue weighted by molar-refractivity contribution is -0.123. The van der Waals surface area contributed by atoms with Crippen molar-refractivity contribution in [3.05, 3.63) is 85.3 Å². The molecular formula is C27H24Br2N2O7. The van der Waals surface area contributed by atoms with Crippen LogP contribution in [0.15, 0.2) is 61.5 Å². The Labute approximate surface area is 236 Å². The number of carbonyl (C=O) groups excluding carboxylic acids is 3. The van der Waals surface area contributed by atoms with Gasteiger partial charge >= 0.3 is 12.0 Å². The summed E-state index contributed by atoms with van der Waals surface area (Å²) >= 11 is 7.14. The lowest BCUT2D eigenvalue weighted by Gasteiger charge is -2.17. The van der Waals surface area contributed by atoms with E-state index in [-0.39, 0.29) is 23.8 Å². The zero-order chi connectivity index (χ0) is 27.4. The number of rotatable bonds is 9. The maximum Gasteiger partial charge on any atom is 0.373 e. The minimum absolute atomic E-state index is 0.0211. The van der Waals surface area contributed by atoms with Gasteiger partial charge in [-0.1, -0.05) is 29.8 Å². The minimum Gasteiger partial charge on any atom is -0.490 e. The monoisotopic (exact) mass is 646 g/mol. The number of esters is 1. The number of benzene rings is 2. The highest BCUT2D eigenvalue weighted by Crippen LogP contribution is 2.44. The molecule has 0 radical (unpaired) electrons. The van der Waals surface area contributed by atoms with E-state index in [9.17, 15) is 14.4 Å². The van der Waals surface area contributed by atoms with Crippen molar-refractivity contribution < 1.29 is 33.0 Å². The summed E-state index contributed by atoms with van der Waals surface area (Å²) < 4.78 is 23.1. The predicted molar refractivity (Wildman–Crippen MR) is 146 cm³/mol. The van der Waals surface area contributed by atoms with E-state index in [1.807, 2.05) is 38.1 Å². The third kappa shape index (κ3) is 5.94. The summed E-state index contributed by atoms with van der Waals surface area (Å²) in [5, 5.41) is 2.58. The Hall–Kier alpha value is -3.57. The standard InChI is InChI=1S/C27H24Br2N2O7/c1-4-36-21-12-17(22(28)23(29)24(21)37-14-16-7-5-15(2)6-8-16)11-19-25(32)31(27(34)30-19)13-18-9-10-20(38-18)26(33)35-3/h5-12H,4,13-14H2,1-3H3,(H,30,34)/b19-11-. The first kappa shape index (κ1) is 27.5. The van der Waals surface area contributed by atoms with Crippen molar-refractivity contribution in [2.24, 2.45) is 0 Å². The van der Waals surface area contributed by atoms with Crippen molar-refractivity contribution in [1.82, 2.24) is 10.2 Å². The second-order valence-corrected chi connectivity index (χ2v) is 9.85. The van der Waals surface area contributed by atoms with Crippen molar-refractivity contribution in [3.63, 3.8) is 0 Å². The molecule has 0 unspecified atom stereocenters. The van der Waals surface area contributed by atoms with E-state index in [0.717, 1.165) is 16.0 Å². The molecule has 0 atom stereocenters. The van der Waals surface area contributed by atoms with Gasteiger partial charge in [-0.3, -0.25) is 9.69 Å². The quantitative estimate of drug-likeness (QED) is 0.173. The molecule has 2 heterocycles. The average Bonchev–Trinajstić information content (AvgIpc) is 3.48. The molecule has 198 valence electrons. The Bertz CT molecular complexity index is 1410. The van der Waals surface area contributed by atoms with Gasteiger partial charge in [0.25, 0.3) is 5.91 Å². The molecule has 3 aromatic rings. The summed E-state index contributed by atoms with van der Waals surface area (Å²) in [6.45, 7) is 4.45. The minimum atomic E-state index is -0.652. The molecule has 1 aliphatic heterocycles. The Kier molecular flexibility index (Phi) is 8.58. The van der Waals surface area contributed by atoms with Crippen molar-refractivity contribution in [2.75, 3.05) is 13.7 Å². The van der Waals surface area contributed by atoms with E-state index in [1.165, 1.54) is 19.2 Å². The molecule has 1 fully saturated rings. The van der Waals surface area contributed by atoms with Gasteiger partial charge in [-0.25, -0.2) is 9.59 Å². The van der Waals surface area contributed by atoms with Gasteiger partial charge in [0.1, 0.15) is 18.1 Å². The van der Waals surface area contributed by atoms with E-state index in [4.69, 9.17) is 13.9 Å². The molecule has 0 spiro atoms. The van der Waals surface area contributed by atoms with Crippen LogP contribution in [-0.4, -0.2) is 36.5 Å². The molecule has 9 nitrogen and oxygen atoms in total. The van der Waals surface area contributed by atoms with Gasteiger partial charge in [0.05, 0.1) is 24.7 Å². The number of urea groups is 1. The van der Waals surface area contributed by atoms with E-state index in [1.54, 1.807) is 12.1 Å². The lowest BCUT2D eigenvalue weighted by Crippen LogP contribution is -2.30. The molecule has 38 heavy (non-hydrogen) atoms. The average molecular weight is 648 g/mol. The van der Waals surface area contributed by atoms with Crippen LogP contribution in [0.2, 0.25) is 0 Å². The van der Waals surface area contributed by atoms with Gasteiger partial charge in [-0.05, 0) is 81.1 Å². The summed E-state index contributed by atoms with van der Waals surface area (Å²) in [6, 6.07) is 12.1. The molecule has 0 saturated carbocycles. The fourth-order valence-electron chi connectivity index (χ4n) is 3.65. The van der Waals surface area contributed by atoms with Gasteiger partial charge < -0.3 is 23.9 Å². The Morgan fingerprint density at radius 3 is 2.50 bits per heavy atom. The molecule has 11 heteroatoms. The summed E-state index contributed by atoms with van der Waals surface area (Å²) in [4.78, 5) is 38.2. The number of ether oxygens (including phenoxy) is 3. The SMILES string of the molecule is CCOc1cc(/C=C2\NC(=O)N(Cc3ccc(C(=O)OC)o3)C2=O)c(Br)c(Br)c1OCc1ccc(C)cc1. The number of hydrogen-bond donors (Lipinski definition) is 1. The largest absolute Gasteiger partial charge is 0.490 e. The van der Waals surface area contributed by atoms with Gasteiger partial charge in [0, 0.05) is 4.47 Å². The molecule has 0 bridgehead atoms. The highest BCUT2D eigenvalue weighted by atomic mass is 79.9. The summed E-state index contributed by atoms with van der Waals surface area (Å²) in [5.74, 6) is 0.0118. The summed E-state index contributed by atoms with van der Waals surface area (Å²) in [6.07, 6.45) is 1.55. The van der Waals surface area contributed by atoms with Gasteiger partial charge in [0.15, 0.2) is 11.5 Å². The number of aryl methyl sites for hydroxylation is 1. The number of amides is 3. The smallest absolute Gasteiger partial charge is 0.373 e. The van der Waals surface area contributed by atoms with Gasteiger partial charge in [-0.2, -0.15) is 0 Å². The van der Waals surface area contributed by atoms with Crippen LogP contribution in [0.3, 0.4) is 0 Å². The predicted octanol–water partition coefficient (Wildman–Crippen LogP) is 5.97. The molecule has 3 amide bonds. The Morgan fingerprint density at radius 2 is 1.82 bits per heavy atom. The number of carbonyl (C=O) groups is 3. The first-order valence-electron chi connectivity index (χ1n) is 11.6. The number of furan rings is 1. The number of nitrogens with zero attached hydrogens (tertiary/aromatic N) is 1. The van der Waals surface area contributed by atoms with E-state index in [2.05, 4.69) is 41.9 Å². The van der Waals surface area contributed by atoms with Crippen LogP contribution in [0.4, 0.5) is 4.79 Å². The molecule has 1 aliphatic rings. The van der Waals surface area contributed by atoms with Crippen LogP contribution in [0.1, 0.15) is 39.9 Å². The van der Waals surface area contributed by atoms with Crippen LogP contribution in [-0.2, 0) is 22.7 Å². The second kappa shape index (κ2) is 11.9. The highest BCUT2D eigenvalue weighted by Gasteiger charge is 2.35. The van der Waals surface area contributed by atoms with Gasteiger partial charge in [-0.15, -0.1) is 0 Å². The van der Waals surface area contributed by atoms with Crippen LogP contribution >= 0.6 is 31.9 Å². The maximum absolute atomic E-state index is 13.0. The third-order valence-corrected chi connectivity index (χ3v) is 7.73. The topological polar surface area (TPSA) is 107 Å². The number of halogens is 2.